The molecule has 1 amide bonds. The number of thioether (sulfide) groups is 1. The first-order valence-corrected chi connectivity index (χ1v) is 10.9. The highest BCUT2D eigenvalue weighted by molar-refractivity contribution is 7.99. The van der Waals surface area contributed by atoms with Crippen LogP contribution in [0, 0.1) is 5.82 Å². The van der Waals surface area contributed by atoms with Crippen LogP contribution < -0.4 is 11.0 Å². The van der Waals surface area contributed by atoms with Crippen molar-refractivity contribution in [2.75, 3.05) is 5.75 Å². The van der Waals surface area contributed by atoms with E-state index in [2.05, 4.69) is 4.98 Å². The molecule has 0 fully saturated rings. The second kappa shape index (κ2) is 10.9. The average molecular weight is 430 g/mol. The molecule has 0 saturated carbocycles. The van der Waals surface area contributed by atoms with Gasteiger partial charge in [0.2, 0.25) is 5.91 Å². The molecule has 0 bridgehead atoms. The van der Waals surface area contributed by atoms with Crippen molar-refractivity contribution in [3.05, 3.63) is 70.3 Å². The van der Waals surface area contributed by atoms with Gasteiger partial charge in [-0.05, 0) is 30.5 Å². The SMILES string of the molecule is O=C(CCCCCCSc1nc2cc(F)ccc2c(=O)n1Cc1ccccc1)NO. The van der Waals surface area contributed by atoms with Crippen LogP contribution in [0.1, 0.15) is 37.7 Å². The molecular formula is C22H24FN3O3S. The van der Waals surface area contributed by atoms with Crippen LogP contribution in [0.5, 0.6) is 0 Å². The standard InChI is InChI=1S/C22H24FN3O3S/c23-17-11-12-18-19(14-17)24-22(30-13-7-2-1-6-10-20(27)25-29)26(21(18)28)15-16-8-4-3-5-9-16/h3-5,8-9,11-12,14,29H,1-2,6-7,10,13,15H2,(H,25,27). The molecule has 30 heavy (non-hydrogen) atoms. The van der Waals surface area contributed by atoms with Gasteiger partial charge in [-0.1, -0.05) is 54.9 Å². The summed E-state index contributed by atoms with van der Waals surface area (Å²) in [4.78, 5) is 28.6. The van der Waals surface area contributed by atoms with E-state index in [1.807, 2.05) is 30.3 Å². The summed E-state index contributed by atoms with van der Waals surface area (Å²) in [5.41, 5.74) is 2.80. The lowest BCUT2D eigenvalue weighted by molar-refractivity contribution is -0.129. The summed E-state index contributed by atoms with van der Waals surface area (Å²) in [6.07, 6.45) is 3.72. The predicted molar refractivity (Wildman–Crippen MR) is 115 cm³/mol. The topological polar surface area (TPSA) is 84.2 Å². The normalized spacial score (nSPS) is 11.0. The number of unbranched alkanes of at least 4 members (excludes halogenated alkanes) is 3. The molecule has 0 spiro atoms. The fourth-order valence-electron chi connectivity index (χ4n) is 3.15. The van der Waals surface area contributed by atoms with E-state index in [9.17, 15) is 14.0 Å². The zero-order valence-corrected chi connectivity index (χ0v) is 17.3. The van der Waals surface area contributed by atoms with Crippen LogP contribution in [0.4, 0.5) is 4.39 Å². The van der Waals surface area contributed by atoms with Crippen molar-refractivity contribution in [3.8, 4) is 0 Å². The van der Waals surface area contributed by atoms with Gasteiger partial charge >= 0.3 is 0 Å². The maximum Gasteiger partial charge on any atom is 0.262 e. The Morgan fingerprint density at radius 1 is 1.10 bits per heavy atom. The van der Waals surface area contributed by atoms with Crippen LogP contribution in [0.25, 0.3) is 10.9 Å². The molecule has 158 valence electrons. The fraction of sp³-hybridized carbons (Fsp3) is 0.318. The number of nitrogens with one attached hydrogen (secondary N) is 1. The van der Waals surface area contributed by atoms with Crippen molar-refractivity contribution in [1.82, 2.24) is 15.0 Å². The number of benzene rings is 2. The molecule has 0 aliphatic carbocycles. The van der Waals surface area contributed by atoms with Crippen LogP contribution in [-0.2, 0) is 11.3 Å². The molecule has 0 unspecified atom stereocenters. The summed E-state index contributed by atoms with van der Waals surface area (Å²) < 4.78 is 15.3. The summed E-state index contributed by atoms with van der Waals surface area (Å²) in [6.45, 7) is 0.401. The second-order valence-electron chi connectivity index (χ2n) is 6.98. The molecule has 8 heteroatoms. The van der Waals surface area contributed by atoms with Crippen molar-refractivity contribution < 1.29 is 14.4 Å². The summed E-state index contributed by atoms with van der Waals surface area (Å²) in [5.74, 6) is -0.0335. The first-order chi connectivity index (χ1) is 14.6. The Balaban J connectivity index is 1.72. The zero-order chi connectivity index (χ0) is 21.3. The molecule has 2 N–H and O–H groups in total. The van der Waals surface area contributed by atoms with E-state index >= 15 is 0 Å². The van der Waals surface area contributed by atoms with Crippen molar-refractivity contribution in [2.24, 2.45) is 0 Å². The Labute approximate surface area is 178 Å². The van der Waals surface area contributed by atoms with Gasteiger partial charge in [-0.2, -0.15) is 0 Å². The summed E-state index contributed by atoms with van der Waals surface area (Å²) in [5, 5.41) is 9.46. The van der Waals surface area contributed by atoms with Gasteiger partial charge in [0.25, 0.3) is 5.56 Å². The van der Waals surface area contributed by atoms with Gasteiger partial charge in [0.1, 0.15) is 5.82 Å². The average Bonchev–Trinajstić information content (AvgIpc) is 2.75. The first kappa shape index (κ1) is 22.0. The van der Waals surface area contributed by atoms with Crippen LogP contribution in [-0.4, -0.2) is 26.4 Å². The lowest BCUT2D eigenvalue weighted by atomic mass is 10.1. The Morgan fingerprint density at radius 3 is 2.63 bits per heavy atom. The fourth-order valence-corrected chi connectivity index (χ4v) is 4.15. The van der Waals surface area contributed by atoms with Gasteiger partial charge < -0.3 is 0 Å². The molecule has 2 aromatic carbocycles. The monoisotopic (exact) mass is 429 g/mol. The molecule has 0 radical (unpaired) electrons. The summed E-state index contributed by atoms with van der Waals surface area (Å²) >= 11 is 1.48. The molecule has 0 atom stereocenters. The molecule has 1 heterocycles. The number of amides is 1. The van der Waals surface area contributed by atoms with Gasteiger partial charge in [-0.3, -0.25) is 19.4 Å². The molecule has 3 aromatic rings. The third kappa shape index (κ3) is 5.90. The van der Waals surface area contributed by atoms with Crippen molar-refractivity contribution in [1.29, 1.82) is 0 Å². The van der Waals surface area contributed by atoms with E-state index in [0.717, 1.165) is 30.6 Å². The Morgan fingerprint density at radius 2 is 1.87 bits per heavy atom. The molecule has 0 saturated heterocycles. The highest BCUT2D eigenvalue weighted by Crippen LogP contribution is 2.21. The molecule has 6 nitrogen and oxygen atoms in total. The summed E-state index contributed by atoms with van der Waals surface area (Å²) in [6, 6.07) is 13.7. The minimum absolute atomic E-state index is 0.179. The van der Waals surface area contributed by atoms with Gasteiger partial charge in [0.05, 0.1) is 17.4 Å². The number of carbonyl (C=O) groups is 1. The number of aromatic nitrogens is 2. The number of rotatable bonds is 10. The smallest absolute Gasteiger partial charge is 0.262 e. The third-order valence-electron chi connectivity index (χ3n) is 4.72. The Kier molecular flexibility index (Phi) is 7.98. The van der Waals surface area contributed by atoms with Gasteiger partial charge in [-0.15, -0.1) is 0 Å². The Hall–Kier alpha value is -2.71. The second-order valence-corrected chi connectivity index (χ2v) is 8.04. The minimum atomic E-state index is -0.418. The number of carbonyl (C=O) groups excluding carboxylic acids is 1. The highest BCUT2D eigenvalue weighted by atomic mass is 32.2. The van der Waals surface area contributed by atoms with Gasteiger partial charge in [0.15, 0.2) is 5.16 Å². The maximum absolute atomic E-state index is 13.7. The Bertz CT molecular complexity index is 1060. The first-order valence-electron chi connectivity index (χ1n) is 9.88. The minimum Gasteiger partial charge on any atom is -0.289 e. The van der Waals surface area contributed by atoms with Crippen molar-refractivity contribution in [3.63, 3.8) is 0 Å². The van der Waals surface area contributed by atoms with E-state index in [-0.39, 0.29) is 11.5 Å². The van der Waals surface area contributed by atoms with E-state index in [1.54, 1.807) is 10.0 Å². The molecule has 0 aliphatic heterocycles. The van der Waals surface area contributed by atoms with E-state index in [1.165, 1.54) is 30.0 Å². The number of nitrogens with zero attached hydrogens (tertiary/aromatic N) is 2. The number of hydrogen-bond donors (Lipinski definition) is 2. The van der Waals surface area contributed by atoms with Crippen molar-refractivity contribution >= 4 is 28.6 Å². The van der Waals surface area contributed by atoms with Crippen LogP contribution >= 0.6 is 11.8 Å². The molecular weight excluding hydrogens is 405 g/mol. The molecule has 3 rings (SSSR count). The quantitative estimate of drug-likeness (QED) is 0.166. The van der Waals surface area contributed by atoms with E-state index in [4.69, 9.17) is 5.21 Å². The van der Waals surface area contributed by atoms with Crippen LogP contribution in [0.15, 0.2) is 58.5 Å². The molecule has 0 aliphatic rings. The van der Waals surface area contributed by atoms with E-state index in [0.29, 0.717) is 35.4 Å². The number of halogens is 1. The number of hydroxylamine groups is 1. The van der Waals surface area contributed by atoms with Crippen molar-refractivity contribution in [2.45, 2.75) is 43.8 Å². The van der Waals surface area contributed by atoms with Gasteiger partial charge in [-0.25, -0.2) is 14.9 Å². The highest BCUT2D eigenvalue weighted by Gasteiger charge is 2.13. The molecule has 1 aromatic heterocycles. The lowest BCUT2D eigenvalue weighted by Crippen LogP contribution is -2.24. The third-order valence-corrected chi connectivity index (χ3v) is 5.78. The van der Waals surface area contributed by atoms with Gasteiger partial charge in [0, 0.05) is 18.2 Å². The summed E-state index contributed by atoms with van der Waals surface area (Å²) in [7, 11) is 0. The lowest BCUT2D eigenvalue weighted by Gasteiger charge is -2.13. The van der Waals surface area contributed by atoms with Crippen LogP contribution in [0.3, 0.4) is 0 Å². The van der Waals surface area contributed by atoms with E-state index < -0.39 is 5.82 Å². The largest absolute Gasteiger partial charge is 0.289 e. The zero-order valence-electron chi connectivity index (χ0n) is 16.5. The predicted octanol–water partition coefficient (Wildman–Crippen LogP) is 4.13. The van der Waals surface area contributed by atoms with Crippen LogP contribution in [0.2, 0.25) is 0 Å². The maximum atomic E-state index is 13.7. The number of fused-ring (bicyclic) bond motifs is 1. The number of hydrogen-bond acceptors (Lipinski definition) is 5.